The summed E-state index contributed by atoms with van der Waals surface area (Å²) in [5.41, 5.74) is 2.82. The van der Waals surface area contributed by atoms with Gasteiger partial charge >= 0.3 is 0 Å². The molecule has 1 aromatic rings. The van der Waals surface area contributed by atoms with Gasteiger partial charge in [-0.25, -0.2) is 0 Å². The molecule has 0 saturated carbocycles. The maximum absolute atomic E-state index is 5.46. The topological polar surface area (TPSA) is 38.0 Å². The Morgan fingerprint density at radius 1 is 1.58 bits per heavy atom. The molecule has 0 aliphatic carbocycles. The van der Waals surface area contributed by atoms with E-state index in [9.17, 15) is 0 Å². The zero-order valence-corrected chi connectivity index (χ0v) is 9.58. The van der Waals surface area contributed by atoms with Gasteiger partial charge in [0.05, 0.1) is 6.04 Å². The van der Waals surface area contributed by atoms with Gasteiger partial charge < -0.3 is 0 Å². The summed E-state index contributed by atoms with van der Waals surface area (Å²) in [5.74, 6) is 5.97. The van der Waals surface area contributed by atoms with Gasteiger partial charge in [0.25, 0.3) is 0 Å². The zero-order valence-electron chi connectivity index (χ0n) is 7.17. The number of nitrogens with one attached hydrogen (secondary N) is 1. The first kappa shape index (κ1) is 10.2. The molecule has 0 fully saturated rings. The quantitative estimate of drug-likeness (QED) is 0.638. The van der Waals surface area contributed by atoms with Crippen molar-refractivity contribution in [3.8, 4) is 0 Å². The van der Waals surface area contributed by atoms with Crippen LogP contribution >= 0.6 is 27.3 Å². The van der Waals surface area contributed by atoms with E-state index in [2.05, 4.69) is 46.6 Å². The largest absolute Gasteiger partial charge is 0.271 e. The van der Waals surface area contributed by atoms with Crippen LogP contribution < -0.4 is 11.3 Å². The number of thiophene rings is 1. The number of rotatable bonds is 3. The Balaban J connectivity index is 2.80. The van der Waals surface area contributed by atoms with Crippen molar-refractivity contribution in [3.05, 3.63) is 20.8 Å². The van der Waals surface area contributed by atoms with Gasteiger partial charge in [0.2, 0.25) is 0 Å². The molecule has 3 N–H and O–H groups in total. The predicted octanol–water partition coefficient (Wildman–Crippen LogP) is 2.67. The lowest BCUT2D eigenvalue weighted by molar-refractivity contribution is 0.427. The van der Waals surface area contributed by atoms with Gasteiger partial charge in [-0.3, -0.25) is 11.3 Å². The van der Waals surface area contributed by atoms with Crippen LogP contribution in [-0.2, 0) is 0 Å². The summed E-state index contributed by atoms with van der Waals surface area (Å²) in [6.07, 6.45) is 0. The number of hydrogen-bond acceptors (Lipinski definition) is 3. The summed E-state index contributed by atoms with van der Waals surface area (Å²) in [5, 5.41) is 2.07. The lowest BCUT2D eigenvalue weighted by atomic mass is 10.0. The van der Waals surface area contributed by atoms with Gasteiger partial charge in [-0.1, -0.05) is 13.8 Å². The van der Waals surface area contributed by atoms with Crippen LogP contribution in [0.1, 0.15) is 24.8 Å². The van der Waals surface area contributed by atoms with Crippen molar-refractivity contribution >= 4 is 27.3 Å². The van der Waals surface area contributed by atoms with Crippen molar-refractivity contribution in [2.24, 2.45) is 11.8 Å². The minimum atomic E-state index is 0.265. The zero-order chi connectivity index (χ0) is 9.14. The molecule has 0 aliphatic heterocycles. The number of halogens is 1. The molecule has 0 radical (unpaired) electrons. The SMILES string of the molecule is CC(C)C(NN)c1cc(Br)cs1. The maximum atomic E-state index is 5.46. The van der Waals surface area contributed by atoms with Crippen LogP contribution in [-0.4, -0.2) is 0 Å². The lowest BCUT2D eigenvalue weighted by Crippen LogP contribution is -2.30. The van der Waals surface area contributed by atoms with E-state index in [0.717, 1.165) is 4.47 Å². The Morgan fingerprint density at radius 2 is 2.25 bits per heavy atom. The highest BCUT2D eigenvalue weighted by Gasteiger charge is 2.15. The third-order valence-corrected chi connectivity index (χ3v) is 3.52. The Kier molecular flexibility index (Phi) is 3.71. The second kappa shape index (κ2) is 4.37. The summed E-state index contributed by atoms with van der Waals surface area (Å²) < 4.78 is 1.13. The van der Waals surface area contributed by atoms with Gasteiger partial charge in [-0.05, 0) is 27.9 Å². The molecule has 4 heteroatoms. The highest BCUT2D eigenvalue weighted by molar-refractivity contribution is 9.10. The molecule has 2 nitrogen and oxygen atoms in total. The molecule has 68 valence electrons. The molecular weight excluding hydrogens is 236 g/mol. The first-order valence-electron chi connectivity index (χ1n) is 3.85. The number of hydrogen-bond donors (Lipinski definition) is 2. The van der Waals surface area contributed by atoms with E-state index in [1.165, 1.54) is 4.88 Å². The average molecular weight is 249 g/mol. The van der Waals surface area contributed by atoms with E-state index in [-0.39, 0.29) is 6.04 Å². The van der Waals surface area contributed by atoms with Crippen LogP contribution in [0.2, 0.25) is 0 Å². The van der Waals surface area contributed by atoms with Crippen LogP contribution in [0.3, 0.4) is 0 Å². The molecule has 1 rings (SSSR count). The first-order valence-corrected chi connectivity index (χ1v) is 5.52. The number of nitrogens with two attached hydrogens (primary N) is 1. The molecule has 1 unspecified atom stereocenters. The Labute approximate surface area is 85.3 Å². The van der Waals surface area contributed by atoms with Crippen molar-refractivity contribution in [3.63, 3.8) is 0 Å². The summed E-state index contributed by atoms with van der Waals surface area (Å²) in [6.45, 7) is 4.30. The Morgan fingerprint density at radius 3 is 2.58 bits per heavy atom. The van der Waals surface area contributed by atoms with Crippen molar-refractivity contribution in [2.75, 3.05) is 0 Å². The molecule has 0 bridgehead atoms. The molecule has 0 aliphatic rings. The third kappa shape index (κ3) is 2.29. The summed E-state index contributed by atoms with van der Waals surface area (Å²) in [7, 11) is 0. The molecular formula is C8H13BrN2S. The van der Waals surface area contributed by atoms with Crippen LogP contribution in [0.4, 0.5) is 0 Å². The second-order valence-corrected chi connectivity index (χ2v) is 4.91. The van der Waals surface area contributed by atoms with Gasteiger partial charge in [0, 0.05) is 14.7 Å². The third-order valence-electron chi connectivity index (χ3n) is 1.74. The maximum Gasteiger partial charge on any atom is 0.0576 e. The summed E-state index contributed by atoms with van der Waals surface area (Å²) in [6, 6.07) is 2.37. The van der Waals surface area contributed by atoms with E-state index in [4.69, 9.17) is 5.84 Å². The average Bonchev–Trinajstić information content (AvgIpc) is 2.37. The minimum absolute atomic E-state index is 0.265. The highest BCUT2D eigenvalue weighted by Crippen LogP contribution is 2.29. The van der Waals surface area contributed by atoms with Gasteiger partial charge in [-0.2, -0.15) is 0 Å². The minimum Gasteiger partial charge on any atom is -0.271 e. The van der Waals surface area contributed by atoms with Crippen LogP contribution in [0.15, 0.2) is 15.9 Å². The first-order chi connectivity index (χ1) is 5.65. The van der Waals surface area contributed by atoms with Crippen molar-refractivity contribution < 1.29 is 0 Å². The summed E-state index contributed by atoms with van der Waals surface area (Å²) >= 11 is 5.14. The molecule has 0 aromatic carbocycles. The normalized spacial score (nSPS) is 13.8. The fourth-order valence-electron chi connectivity index (χ4n) is 1.09. The standard InChI is InChI=1S/C8H13BrN2S/c1-5(2)8(11-10)7-3-6(9)4-12-7/h3-5,8,11H,10H2,1-2H3. The monoisotopic (exact) mass is 248 g/mol. The molecule has 1 atom stereocenters. The Hall–Kier alpha value is 0.1000. The van der Waals surface area contributed by atoms with Crippen molar-refractivity contribution in [1.29, 1.82) is 0 Å². The number of hydrazine groups is 1. The van der Waals surface area contributed by atoms with E-state index in [0.29, 0.717) is 5.92 Å². The second-order valence-electron chi connectivity index (χ2n) is 3.06. The molecule has 0 amide bonds. The van der Waals surface area contributed by atoms with Gasteiger partial charge in [-0.15, -0.1) is 11.3 Å². The van der Waals surface area contributed by atoms with E-state index < -0.39 is 0 Å². The fourth-order valence-corrected chi connectivity index (χ4v) is 2.77. The van der Waals surface area contributed by atoms with Gasteiger partial charge in [0.1, 0.15) is 0 Å². The van der Waals surface area contributed by atoms with Gasteiger partial charge in [0.15, 0.2) is 0 Å². The van der Waals surface area contributed by atoms with Crippen LogP contribution in [0, 0.1) is 5.92 Å². The van der Waals surface area contributed by atoms with Crippen LogP contribution in [0.5, 0.6) is 0 Å². The molecule has 0 saturated heterocycles. The highest BCUT2D eigenvalue weighted by atomic mass is 79.9. The van der Waals surface area contributed by atoms with Crippen molar-refractivity contribution in [2.45, 2.75) is 19.9 Å². The smallest absolute Gasteiger partial charge is 0.0576 e. The predicted molar refractivity (Wildman–Crippen MR) is 56.9 cm³/mol. The van der Waals surface area contributed by atoms with Crippen molar-refractivity contribution in [1.82, 2.24) is 5.43 Å². The lowest BCUT2D eigenvalue weighted by Gasteiger charge is -2.17. The van der Waals surface area contributed by atoms with E-state index in [1.54, 1.807) is 11.3 Å². The summed E-state index contributed by atoms with van der Waals surface area (Å²) in [4.78, 5) is 1.28. The van der Waals surface area contributed by atoms with E-state index >= 15 is 0 Å². The molecule has 12 heavy (non-hydrogen) atoms. The Bertz CT molecular complexity index is 247. The fraction of sp³-hybridized carbons (Fsp3) is 0.500. The molecule has 0 spiro atoms. The molecule has 1 heterocycles. The van der Waals surface area contributed by atoms with E-state index in [1.807, 2.05) is 0 Å². The van der Waals surface area contributed by atoms with Crippen LogP contribution in [0.25, 0.3) is 0 Å². The molecule has 1 aromatic heterocycles.